The van der Waals surface area contributed by atoms with Crippen LogP contribution in [0.5, 0.6) is 11.5 Å². The molecule has 1 amide bonds. The highest BCUT2D eigenvalue weighted by Gasteiger charge is 2.15. The summed E-state index contributed by atoms with van der Waals surface area (Å²) in [6, 6.07) is 11.3. The number of fused-ring (bicyclic) bond motifs is 1. The molecular weight excluding hydrogens is 435 g/mol. The molecule has 9 nitrogen and oxygen atoms in total. The zero-order valence-electron chi connectivity index (χ0n) is 17.3. The molecule has 0 saturated carbocycles. The van der Waals surface area contributed by atoms with Crippen LogP contribution in [0.3, 0.4) is 0 Å². The van der Waals surface area contributed by atoms with Gasteiger partial charge in [-0.05, 0) is 29.8 Å². The third-order valence-electron chi connectivity index (χ3n) is 4.53. The van der Waals surface area contributed by atoms with Crippen molar-refractivity contribution in [2.75, 3.05) is 25.3 Å². The number of aromatic nitrogens is 5. The summed E-state index contributed by atoms with van der Waals surface area (Å²) in [6.45, 7) is 0.383. The number of nitrogens with zero attached hydrogens (tertiary/aromatic N) is 5. The summed E-state index contributed by atoms with van der Waals surface area (Å²) in [7, 11) is 3.08. The average molecular weight is 454 g/mol. The lowest BCUT2D eigenvalue weighted by Crippen LogP contribution is -2.15. The van der Waals surface area contributed by atoms with E-state index in [2.05, 4.69) is 25.6 Å². The van der Waals surface area contributed by atoms with E-state index in [1.54, 1.807) is 42.1 Å². The third-order valence-corrected chi connectivity index (χ3v) is 5.51. The predicted molar refractivity (Wildman–Crippen MR) is 118 cm³/mol. The van der Waals surface area contributed by atoms with Crippen molar-refractivity contribution < 1.29 is 18.7 Å². The fourth-order valence-electron chi connectivity index (χ4n) is 2.98. The standard InChI is InChI=1S/C21H19FN6O3S/c1-30-15-7-8-17(31-2)16(9-15)25-18(29)11-32-21-19-20(23-12-24-21)28(27-26-19)10-13-3-5-14(22)6-4-13/h3-9,12H,10-11H2,1-2H3,(H,25,29). The number of carbonyl (C=O) groups excluding carboxylic acids is 1. The van der Waals surface area contributed by atoms with Gasteiger partial charge in [-0.15, -0.1) is 5.10 Å². The van der Waals surface area contributed by atoms with Crippen LogP contribution in [0, 0.1) is 5.82 Å². The summed E-state index contributed by atoms with van der Waals surface area (Å²) in [5.41, 5.74) is 2.39. The number of amides is 1. The van der Waals surface area contributed by atoms with Crippen LogP contribution in [-0.2, 0) is 11.3 Å². The second-order valence-corrected chi connectivity index (χ2v) is 7.59. The normalized spacial score (nSPS) is 10.8. The van der Waals surface area contributed by atoms with E-state index >= 15 is 0 Å². The number of thioether (sulfide) groups is 1. The van der Waals surface area contributed by atoms with E-state index in [1.807, 2.05) is 0 Å². The highest BCUT2D eigenvalue weighted by atomic mass is 32.2. The maximum Gasteiger partial charge on any atom is 0.234 e. The van der Waals surface area contributed by atoms with E-state index in [1.165, 1.54) is 37.3 Å². The minimum absolute atomic E-state index is 0.0945. The summed E-state index contributed by atoms with van der Waals surface area (Å²) in [4.78, 5) is 21.0. The van der Waals surface area contributed by atoms with Crippen LogP contribution < -0.4 is 14.8 Å². The molecule has 0 atom stereocenters. The van der Waals surface area contributed by atoms with Crippen LogP contribution in [0.4, 0.5) is 10.1 Å². The van der Waals surface area contributed by atoms with E-state index in [0.29, 0.717) is 39.9 Å². The van der Waals surface area contributed by atoms with Crippen LogP contribution in [0.15, 0.2) is 53.8 Å². The molecule has 4 aromatic rings. The number of hydrogen-bond donors (Lipinski definition) is 1. The molecule has 0 saturated heterocycles. The molecular formula is C21H19FN6O3S. The summed E-state index contributed by atoms with van der Waals surface area (Å²) in [5, 5.41) is 11.7. The van der Waals surface area contributed by atoms with Gasteiger partial charge < -0.3 is 14.8 Å². The summed E-state index contributed by atoms with van der Waals surface area (Å²) in [5.74, 6) is 0.675. The van der Waals surface area contributed by atoms with Gasteiger partial charge in [0.05, 0.1) is 32.2 Å². The number of benzene rings is 2. The average Bonchev–Trinajstić information content (AvgIpc) is 3.22. The Morgan fingerprint density at radius 3 is 2.69 bits per heavy atom. The van der Waals surface area contributed by atoms with Crippen molar-refractivity contribution in [3.05, 3.63) is 60.2 Å². The maximum absolute atomic E-state index is 13.1. The summed E-state index contributed by atoms with van der Waals surface area (Å²) >= 11 is 1.22. The van der Waals surface area contributed by atoms with Crippen LogP contribution in [-0.4, -0.2) is 50.8 Å². The molecule has 0 spiro atoms. The van der Waals surface area contributed by atoms with Crippen molar-refractivity contribution in [1.29, 1.82) is 0 Å². The quantitative estimate of drug-likeness (QED) is 0.320. The fourth-order valence-corrected chi connectivity index (χ4v) is 3.71. The lowest BCUT2D eigenvalue weighted by atomic mass is 10.2. The van der Waals surface area contributed by atoms with E-state index in [-0.39, 0.29) is 17.5 Å². The van der Waals surface area contributed by atoms with Crippen LogP contribution >= 0.6 is 11.8 Å². The van der Waals surface area contributed by atoms with Gasteiger partial charge in [0.1, 0.15) is 28.7 Å². The Kier molecular flexibility index (Phi) is 6.45. The topological polar surface area (TPSA) is 104 Å². The molecule has 2 aromatic carbocycles. The van der Waals surface area contributed by atoms with Crippen molar-refractivity contribution in [3.63, 3.8) is 0 Å². The molecule has 0 bridgehead atoms. The molecule has 0 aliphatic carbocycles. The highest BCUT2D eigenvalue weighted by Crippen LogP contribution is 2.29. The van der Waals surface area contributed by atoms with Crippen molar-refractivity contribution in [2.24, 2.45) is 0 Å². The SMILES string of the molecule is COc1ccc(OC)c(NC(=O)CSc2ncnc3c2nnn3Cc2ccc(F)cc2)c1. The Morgan fingerprint density at radius 1 is 1.12 bits per heavy atom. The number of rotatable bonds is 8. The van der Waals surface area contributed by atoms with Gasteiger partial charge in [-0.2, -0.15) is 0 Å². The molecule has 0 unspecified atom stereocenters. The number of methoxy groups -OCH3 is 2. The second-order valence-electron chi connectivity index (χ2n) is 6.63. The molecule has 164 valence electrons. The lowest BCUT2D eigenvalue weighted by molar-refractivity contribution is -0.113. The number of ether oxygens (including phenoxy) is 2. The van der Waals surface area contributed by atoms with Crippen molar-refractivity contribution in [3.8, 4) is 11.5 Å². The molecule has 2 heterocycles. The molecule has 2 aromatic heterocycles. The van der Waals surface area contributed by atoms with Gasteiger partial charge >= 0.3 is 0 Å². The van der Waals surface area contributed by atoms with Gasteiger partial charge in [-0.3, -0.25) is 4.79 Å². The first-order valence-corrected chi connectivity index (χ1v) is 10.5. The summed E-state index contributed by atoms with van der Waals surface area (Å²) < 4.78 is 25.2. The first-order valence-electron chi connectivity index (χ1n) is 9.50. The smallest absolute Gasteiger partial charge is 0.234 e. The van der Waals surface area contributed by atoms with E-state index in [9.17, 15) is 9.18 Å². The Morgan fingerprint density at radius 2 is 1.94 bits per heavy atom. The molecule has 0 fully saturated rings. The van der Waals surface area contributed by atoms with Gasteiger partial charge in [0, 0.05) is 6.07 Å². The predicted octanol–water partition coefficient (Wildman–Crippen LogP) is 3.16. The zero-order valence-corrected chi connectivity index (χ0v) is 18.1. The van der Waals surface area contributed by atoms with E-state index in [4.69, 9.17) is 9.47 Å². The fraction of sp³-hybridized carbons (Fsp3) is 0.190. The van der Waals surface area contributed by atoms with Crippen molar-refractivity contribution >= 4 is 34.5 Å². The Hall–Kier alpha value is -3.73. The minimum Gasteiger partial charge on any atom is -0.497 e. The Bertz CT molecular complexity index is 1250. The van der Waals surface area contributed by atoms with Crippen molar-refractivity contribution in [1.82, 2.24) is 25.0 Å². The van der Waals surface area contributed by atoms with E-state index in [0.717, 1.165) is 5.56 Å². The van der Waals surface area contributed by atoms with E-state index < -0.39 is 0 Å². The largest absolute Gasteiger partial charge is 0.497 e. The van der Waals surface area contributed by atoms with Gasteiger partial charge in [-0.25, -0.2) is 19.0 Å². The minimum atomic E-state index is -0.303. The van der Waals surface area contributed by atoms with Gasteiger partial charge in [0.25, 0.3) is 0 Å². The maximum atomic E-state index is 13.1. The number of nitrogens with one attached hydrogen (secondary N) is 1. The molecule has 0 aliphatic rings. The first-order chi connectivity index (χ1) is 15.6. The first kappa shape index (κ1) is 21.5. The van der Waals surface area contributed by atoms with Crippen LogP contribution in [0.1, 0.15) is 5.56 Å². The Balaban J connectivity index is 1.46. The third kappa shape index (κ3) is 4.78. The molecule has 0 aliphatic heterocycles. The zero-order chi connectivity index (χ0) is 22.5. The molecule has 32 heavy (non-hydrogen) atoms. The Labute approximate surface area is 187 Å². The van der Waals surface area contributed by atoms with Crippen molar-refractivity contribution in [2.45, 2.75) is 11.6 Å². The summed E-state index contributed by atoms with van der Waals surface area (Å²) in [6.07, 6.45) is 1.40. The lowest BCUT2D eigenvalue weighted by Gasteiger charge is -2.11. The van der Waals surface area contributed by atoms with Gasteiger partial charge in [0.15, 0.2) is 11.2 Å². The molecule has 4 rings (SSSR count). The number of halogens is 1. The molecule has 1 N–H and O–H groups in total. The number of hydrogen-bond acceptors (Lipinski definition) is 8. The highest BCUT2D eigenvalue weighted by molar-refractivity contribution is 8.00. The van der Waals surface area contributed by atoms with Gasteiger partial charge in [0.2, 0.25) is 5.91 Å². The second kappa shape index (κ2) is 9.60. The van der Waals surface area contributed by atoms with Crippen LogP contribution in [0.2, 0.25) is 0 Å². The van der Waals surface area contributed by atoms with Gasteiger partial charge in [-0.1, -0.05) is 29.1 Å². The molecule has 0 radical (unpaired) electrons. The number of anilines is 1. The number of carbonyl (C=O) groups is 1. The monoisotopic (exact) mass is 454 g/mol. The van der Waals surface area contributed by atoms with Crippen LogP contribution in [0.25, 0.3) is 11.2 Å². The molecule has 11 heteroatoms.